The molecule has 2 nitrogen and oxygen atoms in total. The van der Waals surface area contributed by atoms with Gasteiger partial charge < -0.3 is 0 Å². The van der Waals surface area contributed by atoms with Gasteiger partial charge in [-0.15, -0.1) is 6.58 Å². The van der Waals surface area contributed by atoms with Crippen molar-refractivity contribution in [2.75, 3.05) is 19.7 Å². The molecule has 0 aliphatic carbocycles. The third-order valence-electron chi connectivity index (χ3n) is 4.90. The van der Waals surface area contributed by atoms with E-state index in [1.807, 2.05) is 6.08 Å². The molecule has 0 N–H and O–H groups in total. The van der Waals surface area contributed by atoms with E-state index in [1.54, 1.807) is 0 Å². The van der Waals surface area contributed by atoms with E-state index in [1.165, 1.54) is 103 Å². The summed E-state index contributed by atoms with van der Waals surface area (Å²) in [5, 5.41) is 2.19. The van der Waals surface area contributed by atoms with Crippen molar-refractivity contribution in [2.45, 2.75) is 117 Å². The standard InChI is InChI=1S/C23H47NO/c1-4-7-9-11-13-15-17-19-21-24(25-23-6-3)22-20-18-16-14-12-10-8-5-2/h6H,3-5,7-23H2,1-2H3. The zero-order chi connectivity index (χ0) is 18.4. The van der Waals surface area contributed by atoms with Crippen LogP contribution in [0.25, 0.3) is 0 Å². The van der Waals surface area contributed by atoms with Gasteiger partial charge in [-0.25, -0.2) is 0 Å². The molecule has 0 aliphatic heterocycles. The topological polar surface area (TPSA) is 12.5 Å². The molecule has 0 bridgehead atoms. The second-order valence-corrected chi connectivity index (χ2v) is 7.46. The molecule has 0 rings (SSSR count). The van der Waals surface area contributed by atoms with Crippen LogP contribution in [0.15, 0.2) is 12.7 Å². The average molecular weight is 354 g/mol. The molecule has 0 spiro atoms. The van der Waals surface area contributed by atoms with E-state index in [-0.39, 0.29) is 0 Å². The Kier molecular flexibility index (Phi) is 21.4. The molecule has 0 aromatic rings. The molecule has 2 heteroatoms. The number of hydrogen-bond acceptors (Lipinski definition) is 2. The minimum Gasteiger partial charge on any atom is -0.295 e. The number of hydroxylamine groups is 2. The Morgan fingerprint density at radius 3 is 1.32 bits per heavy atom. The first-order chi connectivity index (χ1) is 12.3. The molecule has 0 radical (unpaired) electrons. The van der Waals surface area contributed by atoms with Crippen LogP contribution >= 0.6 is 0 Å². The molecule has 0 heterocycles. The van der Waals surface area contributed by atoms with Gasteiger partial charge in [0, 0.05) is 13.1 Å². The van der Waals surface area contributed by atoms with Crippen molar-refractivity contribution in [1.29, 1.82) is 0 Å². The van der Waals surface area contributed by atoms with Crippen molar-refractivity contribution >= 4 is 0 Å². The van der Waals surface area contributed by atoms with E-state index >= 15 is 0 Å². The lowest BCUT2D eigenvalue weighted by Gasteiger charge is -2.21. The van der Waals surface area contributed by atoms with Gasteiger partial charge in [0.15, 0.2) is 0 Å². The summed E-state index contributed by atoms with van der Waals surface area (Å²) in [4.78, 5) is 5.83. The fraction of sp³-hybridized carbons (Fsp3) is 0.913. The second-order valence-electron chi connectivity index (χ2n) is 7.46. The first-order valence-electron chi connectivity index (χ1n) is 11.3. The highest BCUT2D eigenvalue weighted by Crippen LogP contribution is 2.11. The number of hydrogen-bond donors (Lipinski definition) is 0. The Hall–Kier alpha value is -0.340. The van der Waals surface area contributed by atoms with Crippen LogP contribution in [0.3, 0.4) is 0 Å². The summed E-state index contributed by atoms with van der Waals surface area (Å²) in [6, 6.07) is 0. The summed E-state index contributed by atoms with van der Waals surface area (Å²) in [6.07, 6.45) is 23.8. The first-order valence-corrected chi connectivity index (χ1v) is 11.3. The van der Waals surface area contributed by atoms with Crippen molar-refractivity contribution in [3.8, 4) is 0 Å². The Labute approximate surface area is 159 Å². The Bertz CT molecular complexity index is 234. The lowest BCUT2D eigenvalue weighted by molar-refractivity contribution is -0.149. The van der Waals surface area contributed by atoms with Gasteiger partial charge >= 0.3 is 0 Å². The Morgan fingerprint density at radius 2 is 0.960 bits per heavy atom. The summed E-state index contributed by atoms with van der Waals surface area (Å²) in [5.74, 6) is 0. The van der Waals surface area contributed by atoms with Crippen LogP contribution < -0.4 is 0 Å². The van der Waals surface area contributed by atoms with Gasteiger partial charge in [-0.3, -0.25) is 4.84 Å². The molecule has 25 heavy (non-hydrogen) atoms. The average Bonchev–Trinajstić information content (AvgIpc) is 2.63. The Morgan fingerprint density at radius 1 is 0.600 bits per heavy atom. The summed E-state index contributed by atoms with van der Waals surface area (Å²) >= 11 is 0. The van der Waals surface area contributed by atoms with Crippen LogP contribution in [-0.2, 0) is 4.84 Å². The van der Waals surface area contributed by atoms with E-state index in [9.17, 15) is 0 Å². The zero-order valence-corrected chi connectivity index (χ0v) is 17.6. The van der Waals surface area contributed by atoms with Crippen LogP contribution in [0.4, 0.5) is 0 Å². The molecule has 0 saturated carbocycles. The fourth-order valence-electron chi connectivity index (χ4n) is 3.24. The lowest BCUT2D eigenvalue weighted by atomic mass is 10.1. The van der Waals surface area contributed by atoms with Crippen LogP contribution in [-0.4, -0.2) is 24.8 Å². The minimum atomic E-state index is 0.647. The number of rotatable bonds is 21. The fourth-order valence-corrected chi connectivity index (χ4v) is 3.24. The molecule has 0 saturated heterocycles. The molecule has 0 unspecified atom stereocenters. The molecular weight excluding hydrogens is 306 g/mol. The van der Waals surface area contributed by atoms with E-state index < -0.39 is 0 Å². The maximum Gasteiger partial charge on any atom is 0.0864 e. The van der Waals surface area contributed by atoms with Crippen molar-refractivity contribution in [3.05, 3.63) is 12.7 Å². The molecule has 0 aromatic heterocycles. The number of nitrogens with zero attached hydrogens (tertiary/aromatic N) is 1. The van der Waals surface area contributed by atoms with Crippen molar-refractivity contribution in [3.63, 3.8) is 0 Å². The zero-order valence-electron chi connectivity index (χ0n) is 17.6. The van der Waals surface area contributed by atoms with E-state index in [0.29, 0.717) is 6.61 Å². The molecule has 0 atom stereocenters. The van der Waals surface area contributed by atoms with Gasteiger partial charge in [-0.2, -0.15) is 5.06 Å². The van der Waals surface area contributed by atoms with E-state index in [4.69, 9.17) is 4.84 Å². The van der Waals surface area contributed by atoms with Gasteiger partial charge in [0.05, 0.1) is 6.61 Å². The van der Waals surface area contributed by atoms with Gasteiger partial charge in [-0.05, 0) is 12.8 Å². The molecule has 150 valence electrons. The SMILES string of the molecule is C=CCON(CCCCCCCCCC)CCCCCCCCCC. The van der Waals surface area contributed by atoms with Gasteiger partial charge in [0.2, 0.25) is 0 Å². The highest BCUT2D eigenvalue weighted by atomic mass is 16.7. The largest absolute Gasteiger partial charge is 0.295 e. The maximum absolute atomic E-state index is 5.83. The van der Waals surface area contributed by atoms with Gasteiger partial charge in [0.25, 0.3) is 0 Å². The predicted octanol–water partition coefficient (Wildman–Crippen LogP) is 7.69. The highest BCUT2D eigenvalue weighted by molar-refractivity contribution is 4.64. The van der Waals surface area contributed by atoms with Gasteiger partial charge in [-0.1, -0.05) is 110 Å². The van der Waals surface area contributed by atoms with Crippen molar-refractivity contribution in [1.82, 2.24) is 5.06 Å². The van der Waals surface area contributed by atoms with Gasteiger partial charge in [0.1, 0.15) is 0 Å². The lowest BCUT2D eigenvalue weighted by Crippen LogP contribution is -2.26. The monoisotopic (exact) mass is 353 g/mol. The molecule has 0 fully saturated rings. The van der Waals surface area contributed by atoms with Crippen LogP contribution in [0.1, 0.15) is 117 Å². The third-order valence-corrected chi connectivity index (χ3v) is 4.90. The smallest absolute Gasteiger partial charge is 0.0864 e. The molecule has 0 aliphatic rings. The maximum atomic E-state index is 5.83. The summed E-state index contributed by atoms with van der Waals surface area (Å²) < 4.78 is 0. The number of unbranched alkanes of at least 4 members (excludes halogenated alkanes) is 14. The van der Waals surface area contributed by atoms with Crippen molar-refractivity contribution < 1.29 is 4.84 Å². The van der Waals surface area contributed by atoms with Crippen LogP contribution in [0.2, 0.25) is 0 Å². The normalized spacial score (nSPS) is 11.3. The molecule has 0 aromatic carbocycles. The van der Waals surface area contributed by atoms with Crippen LogP contribution in [0.5, 0.6) is 0 Å². The second kappa shape index (κ2) is 21.7. The van der Waals surface area contributed by atoms with Crippen molar-refractivity contribution in [2.24, 2.45) is 0 Å². The quantitative estimate of drug-likeness (QED) is 0.119. The van der Waals surface area contributed by atoms with E-state index in [2.05, 4.69) is 25.5 Å². The predicted molar refractivity (Wildman–Crippen MR) is 113 cm³/mol. The minimum absolute atomic E-state index is 0.647. The van der Waals surface area contributed by atoms with E-state index in [0.717, 1.165) is 13.1 Å². The molecule has 0 amide bonds. The van der Waals surface area contributed by atoms with Crippen LogP contribution in [0, 0.1) is 0 Å². The summed E-state index contributed by atoms with van der Waals surface area (Å²) in [5.41, 5.74) is 0. The summed E-state index contributed by atoms with van der Waals surface area (Å²) in [6.45, 7) is 11.1. The first kappa shape index (κ1) is 24.7. The Balaban J connectivity index is 3.56. The highest BCUT2D eigenvalue weighted by Gasteiger charge is 2.04. The summed E-state index contributed by atoms with van der Waals surface area (Å²) in [7, 11) is 0. The molecular formula is C23H47NO. The third kappa shape index (κ3) is 19.8.